The van der Waals surface area contributed by atoms with Crippen LogP contribution in [0.5, 0.6) is 0 Å². The third kappa shape index (κ3) is 1.99. The summed E-state index contributed by atoms with van der Waals surface area (Å²) in [5.74, 6) is -4.57. The molecule has 1 aromatic carbocycles. The fourth-order valence-corrected chi connectivity index (χ4v) is 0.956. The first-order valence-corrected chi connectivity index (χ1v) is 3.59. The Morgan fingerprint density at radius 3 is 2.38 bits per heavy atom. The van der Waals surface area contributed by atoms with E-state index >= 15 is 0 Å². The SMILES string of the molecule is [CH2]C(CF)c1cc(F)cc(F)c1F. The van der Waals surface area contributed by atoms with E-state index in [1.165, 1.54) is 0 Å². The average molecular weight is 191 g/mol. The molecule has 1 atom stereocenters. The largest absolute Gasteiger partial charge is 0.250 e. The third-order valence-electron chi connectivity index (χ3n) is 1.65. The van der Waals surface area contributed by atoms with E-state index in [9.17, 15) is 17.6 Å². The van der Waals surface area contributed by atoms with E-state index in [1.807, 2.05) is 0 Å². The van der Waals surface area contributed by atoms with Crippen molar-refractivity contribution in [3.63, 3.8) is 0 Å². The average Bonchev–Trinajstić information content (AvgIpc) is 2.10. The van der Waals surface area contributed by atoms with Gasteiger partial charge >= 0.3 is 0 Å². The summed E-state index contributed by atoms with van der Waals surface area (Å²) in [6, 6.07) is 1.15. The van der Waals surface area contributed by atoms with Gasteiger partial charge in [-0.25, -0.2) is 13.2 Å². The van der Waals surface area contributed by atoms with Crippen LogP contribution in [0.2, 0.25) is 0 Å². The number of alkyl halides is 1. The lowest BCUT2D eigenvalue weighted by Gasteiger charge is -2.08. The van der Waals surface area contributed by atoms with Gasteiger partial charge in [-0.05, 0) is 18.6 Å². The van der Waals surface area contributed by atoms with Crippen LogP contribution >= 0.6 is 0 Å². The molecule has 0 spiro atoms. The molecule has 1 rings (SSSR count). The second-order valence-corrected chi connectivity index (χ2v) is 2.64. The highest BCUT2D eigenvalue weighted by molar-refractivity contribution is 5.24. The van der Waals surface area contributed by atoms with Crippen molar-refractivity contribution in [3.8, 4) is 0 Å². The monoisotopic (exact) mass is 191 g/mol. The van der Waals surface area contributed by atoms with Crippen LogP contribution in [0.25, 0.3) is 0 Å². The van der Waals surface area contributed by atoms with Gasteiger partial charge in [0.2, 0.25) is 0 Å². The predicted molar refractivity (Wildman–Crippen MR) is 40.4 cm³/mol. The quantitative estimate of drug-likeness (QED) is 0.498. The highest BCUT2D eigenvalue weighted by Crippen LogP contribution is 2.22. The van der Waals surface area contributed by atoms with Crippen molar-refractivity contribution in [2.45, 2.75) is 5.92 Å². The molecule has 0 aromatic heterocycles. The molecular weight excluding hydrogens is 184 g/mol. The zero-order chi connectivity index (χ0) is 10.0. The summed E-state index contributed by atoms with van der Waals surface area (Å²) >= 11 is 0. The molecule has 0 heterocycles. The third-order valence-corrected chi connectivity index (χ3v) is 1.65. The molecule has 0 aliphatic rings. The molecule has 1 radical (unpaired) electrons. The van der Waals surface area contributed by atoms with Crippen LogP contribution in [0.4, 0.5) is 17.6 Å². The van der Waals surface area contributed by atoms with E-state index in [1.54, 1.807) is 0 Å². The van der Waals surface area contributed by atoms with Crippen molar-refractivity contribution < 1.29 is 17.6 Å². The Morgan fingerprint density at radius 2 is 1.85 bits per heavy atom. The maximum atomic E-state index is 12.9. The molecular formula is C9H7F4. The summed E-state index contributed by atoms with van der Waals surface area (Å²) in [4.78, 5) is 0. The van der Waals surface area contributed by atoms with Gasteiger partial charge in [0.25, 0.3) is 0 Å². The minimum Gasteiger partial charge on any atom is -0.250 e. The highest BCUT2D eigenvalue weighted by Gasteiger charge is 2.16. The standard InChI is InChI=1S/C9H7F4/c1-5(4-10)7-2-6(11)3-8(12)9(7)13/h2-3,5H,1,4H2. The predicted octanol–water partition coefficient (Wildman–Crippen LogP) is 2.99. The maximum absolute atomic E-state index is 12.9. The molecule has 13 heavy (non-hydrogen) atoms. The summed E-state index contributed by atoms with van der Waals surface area (Å²) in [5, 5.41) is 0. The van der Waals surface area contributed by atoms with Crippen molar-refractivity contribution in [2.75, 3.05) is 6.67 Å². The summed E-state index contributed by atoms with van der Waals surface area (Å²) in [6.45, 7) is 2.26. The van der Waals surface area contributed by atoms with Crippen molar-refractivity contribution in [3.05, 3.63) is 42.1 Å². The van der Waals surface area contributed by atoms with Crippen molar-refractivity contribution in [1.29, 1.82) is 0 Å². The summed E-state index contributed by atoms with van der Waals surface area (Å²) in [6.07, 6.45) is 0. The van der Waals surface area contributed by atoms with E-state index in [2.05, 4.69) is 6.92 Å². The molecule has 1 aromatic rings. The Balaban J connectivity index is 3.20. The van der Waals surface area contributed by atoms with E-state index in [0.717, 1.165) is 6.07 Å². The molecule has 0 fully saturated rings. The van der Waals surface area contributed by atoms with Crippen molar-refractivity contribution in [2.24, 2.45) is 0 Å². The Morgan fingerprint density at radius 1 is 1.23 bits per heavy atom. The van der Waals surface area contributed by atoms with Crippen LogP contribution in [0.15, 0.2) is 12.1 Å². The van der Waals surface area contributed by atoms with Gasteiger partial charge in [-0.3, -0.25) is 4.39 Å². The van der Waals surface area contributed by atoms with Crippen LogP contribution in [-0.4, -0.2) is 6.67 Å². The summed E-state index contributed by atoms with van der Waals surface area (Å²) in [7, 11) is 0. The molecule has 0 amide bonds. The highest BCUT2D eigenvalue weighted by atomic mass is 19.2. The fraction of sp³-hybridized carbons (Fsp3) is 0.222. The number of hydrogen-bond acceptors (Lipinski definition) is 0. The molecule has 0 saturated carbocycles. The van der Waals surface area contributed by atoms with E-state index in [-0.39, 0.29) is 5.56 Å². The van der Waals surface area contributed by atoms with Gasteiger partial charge in [0.1, 0.15) is 5.82 Å². The Kier molecular flexibility index (Phi) is 2.90. The number of hydrogen-bond donors (Lipinski definition) is 0. The molecule has 71 valence electrons. The normalized spacial score (nSPS) is 13.0. The Hall–Kier alpha value is -1.06. The van der Waals surface area contributed by atoms with Crippen LogP contribution in [0.3, 0.4) is 0 Å². The molecule has 0 bridgehead atoms. The molecule has 0 aliphatic carbocycles. The molecule has 1 unspecified atom stereocenters. The van der Waals surface area contributed by atoms with Crippen LogP contribution in [0.1, 0.15) is 11.5 Å². The topological polar surface area (TPSA) is 0 Å². The number of halogens is 4. The second kappa shape index (κ2) is 3.77. The van der Waals surface area contributed by atoms with Crippen LogP contribution in [0, 0.1) is 24.4 Å². The maximum Gasteiger partial charge on any atom is 0.162 e. The summed E-state index contributed by atoms with van der Waals surface area (Å²) < 4.78 is 50.0. The number of rotatable bonds is 2. The first-order chi connectivity index (χ1) is 6.06. The van der Waals surface area contributed by atoms with Gasteiger partial charge in [0.15, 0.2) is 11.6 Å². The Bertz CT molecular complexity index is 309. The van der Waals surface area contributed by atoms with Gasteiger partial charge in [0.05, 0.1) is 6.67 Å². The van der Waals surface area contributed by atoms with Gasteiger partial charge in [-0.1, -0.05) is 0 Å². The van der Waals surface area contributed by atoms with E-state index in [4.69, 9.17) is 0 Å². The van der Waals surface area contributed by atoms with Crippen LogP contribution in [-0.2, 0) is 0 Å². The Labute approximate surface area is 73.2 Å². The van der Waals surface area contributed by atoms with Gasteiger partial charge in [-0.2, -0.15) is 0 Å². The molecule has 0 saturated heterocycles. The zero-order valence-electron chi connectivity index (χ0n) is 6.66. The van der Waals surface area contributed by atoms with E-state index in [0.29, 0.717) is 6.07 Å². The lowest BCUT2D eigenvalue weighted by Crippen LogP contribution is -2.03. The smallest absolute Gasteiger partial charge is 0.162 e. The second-order valence-electron chi connectivity index (χ2n) is 2.64. The lowest BCUT2D eigenvalue weighted by atomic mass is 10.0. The van der Waals surface area contributed by atoms with Gasteiger partial charge in [0, 0.05) is 12.0 Å². The minimum absolute atomic E-state index is 0.375. The lowest BCUT2D eigenvalue weighted by molar-refractivity contribution is 0.436. The molecule has 0 nitrogen and oxygen atoms in total. The van der Waals surface area contributed by atoms with Gasteiger partial charge in [-0.15, -0.1) is 0 Å². The number of benzene rings is 1. The first kappa shape index (κ1) is 10.0. The fourth-order valence-electron chi connectivity index (χ4n) is 0.956. The molecule has 4 heteroatoms. The summed E-state index contributed by atoms with van der Waals surface area (Å²) in [5.41, 5.74) is -0.375. The first-order valence-electron chi connectivity index (χ1n) is 3.59. The van der Waals surface area contributed by atoms with E-state index < -0.39 is 30.0 Å². The zero-order valence-corrected chi connectivity index (χ0v) is 6.66. The molecule has 0 N–H and O–H groups in total. The van der Waals surface area contributed by atoms with Crippen molar-refractivity contribution in [1.82, 2.24) is 0 Å². The van der Waals surface area contributed by atoms with Gasteiger partial charge < -0.3 is 0 Å². The van der Waals surface area contributed by atoms with Crippen LogP contribution < -0.4 is 0 Å². The van der Waals surface area contributed by atoms with Crippen molar-refractivity contribution >= 4 is 0 Å². The molecule has 0 aliphatic heterocycles. The minimum atomic E-state index is -1.32.